The highest BCUT2D eigenvalue weighted by Crippen LogP contribution is 2.45. The quantitative estimate of drug-likeness (QED) is 0.453. The molecule has 0 N–H and O–H groups in total. The molecule has 0 aliphatic heterocycles. The third-order valence-corrected chi connectivity index (χ3v) is 5.98. The fourth-order valence-electron chi connectivity index (χ4n) is 3.13. The van der Waals surface area contributed by atoms with E-state index in [4.69, 9.17) is 0 Å². The van der Waals surface area contributed by atoms with Gasteiger partial charge >= 0.3 is 0 Å². The van der Waals surface area contributed by atoms with Crippen LogP contribution in [0.15, 0.2) is 12.1 Å². The SMILES string of the molecule is Cc1cc2c(C)c(C(C)(C)C)c3cc(C)sc3c2s1. The summed E-state index contributed by atoms with van der Waals surface area (Å²) in [6.07, 6.45) is 0. The first-order valence-corrected chi connectivity index (χ1v) is 8.35. The molecule has 1 aromatic carbocycles. The fourth-order valence-corrected chi connectivity index (χ4v) is 5.38. The van der Waals surface area contributed by atoms with Crippen LogP contribution >= 0.6 is 22.7 Å². The van der Waals surface area contributed by atoms with E-state index in [1.807, 2.05) is 22.7 Å². The van der Waals surface area contributed by atoms with Crippen LogP contribution in [0.25, 0.3) is 20.2 Å². The van der Waals surface area contributed by atoms with Gasteiger partial charge in [0.2, 0.25) is 0 Å². The van der Waals surface area contributed by atoms with Gasteiger partial charge in [0.1, 0.15) is 0 Å². The van der Waals surface area contributed by atoms with Crippen molar-refractivity contribution >= 4 is 42.8 Å². The Morgan fingerprint density at radius 1 is 0.789 bits per heavy atom. The van der Waals surface area contributed by atoms with Gasteiger partial charge in [-0.3, -0.25) is 0 Å². The fraction of sp³-hybridized carbons (Fsp3) is 0.412. The minimum atomic E-state index is 0.194. The topological polar surface area (TPSA) is 0 Å². The summed E-state index contributed by atoms with van der Waals surface area (Å²) in [5.74, 6) is 0. The Hall–Kier alpha value is -0.860. The van der Waals surface area contributed by atoms with Gasteiger partial charge in [0.05, 0.1) is 9.40 Å². The van der Waals surface area contributed by atoms with Crippen LogP contribution in [0.2, 0.25) is 0 Å². The first-order valence-electron chi connectivity index (χ1n) is 6.72. The maximum atomic E-state index is 2.38. The van der Waals surface area contributed by atoms with Crippen molar-refractivity contribution in [3.05, 3.63) is 33.0 Å². The van der Waals surface area contributed by atoms with Gasteiger partial charge in [0.25, 0.3) is 0 Å². The van der Waals surface area contributed by atoms with Gasteiger partial charge in [0, 0.05) is 9.75 Å². The number of benzene rings is 1. The van der Waals surface area contributed by atoms with Gasteiger partial charge < -0.3 is 0 Å². The molecule has 0 nitrogen and oxygen atoms in total. The molecule has 0 spiro atoms. The molecule has 100 valence electrons. The normalized spacial score (nSPS) is 12.7. The van der Waals surface area contributed by atoms with Gasteiger partial charge in [0.15, 0.2) is 0 Å². The minimum Gasteiger partial charge on any atom is -0.139 e. The lowest BCUT2D eigenvalue weighted by molar-refractivity contribution is 0.593. The van der Waals surface area contributed by atoms with Gasteiger partial charge in [-0.2, -0.15) is 0 Å². The summed E-state index contributed by atoms with van der Waals surface area (Å²) in [6.45, 7) is 13.7. The predicted molar refractivity (Wildman–Crippen MR) is 90.1 cm³/mol. The van der Waals surface area contributed by atoms with Crippen molar-refractivity contribution in [2.45, 2.75) is 47.0 Å². The van der Waals surface area contributed by atoms with Crippen LogP contribution < -0.4 is 0 Å². The molecule has 2 heterocycles. The zero-order valence-corrected chi connectivity index (χ0v) is 14.1. The highest BCUT2D eigenvalue weighted by Gasteiger charge is 2.23. The summed E-state index contributed by atoms with van der Waals surface area (Å²) in [5, 5.41) is 2.93. The van der Waals surface area contributed by atoms with Crippen molar-refractivity contribution in [1.82, 2.24) is 0 Å². The van der Waals surface area contributed by atoms with Crippen LogP contribution in [0.4, 0.5) is 0 Å². The molecule has 3 rings (SSSR count). The Morgan fingerprint density at radius 2 is 1.26 bits per heavy atom. The predicted octanol–water partition coefficient (Wildman–Crippen LogP) is 6.34. The average molecular weight is 288 g/mol. The van der Waals surface area contributed by atoms with Crippen molar-refractivity contribution in [3.8, 4) is 0 Å². The lowest BCUT2D eigenvalue weighted by Crippen LogP contribution is -2.13. The molecular formula is C17H20S2. The Balaban J connectivity index is 2.61. The molecule has 0 atom stereocenters. The maximum Gasteiger partial charge on any atom is 0.0527 e. The zero-order chi connectivity index (χ0) is 13.9. The highest BCUT2D eigenvalue weighted by atomic mass is 32.1. The summed E-state index contributed by atoms with van der Waals surface area (Å²) in [7, 11) is 0. The van der Waals surface area contributed by atoms with Crippen molar-refractivity contribution in [3.63, 3.8) is 0 Å². The average Bonchev–Trinajstić information content (AvgIpc) is 2.79. The molecule has 0 saturated carbocycles. The van der Waals surface area contributed by atoms with Crippen molar-refractivity contribution < 1.29 is 0 Å². The molecule has 2 heteroatoms. The second kappa shape index (κ2) is 4.07. The number of aryl methyl sites for hydroxylation is 3. The Kier molecular flexibility index (Phi) is 2.81. The number of rotatable bonds is 0. The van der Waals surface area contributed by atoms with E-state index in [2.05, 4.69) is 53.7 Å². The first kappa shape index (κ1) is 13.1. The lowest BCUT2D eigenvalue weighted by Gasteiger charge is -2.23. The second-order valence-electron chi connectivity index (χ2n) is 6.45. The Labute approximate surface area is 123 Å². The van der Waals surface area contributed by atoms with Crippen molar-refractivity contribution in [1.29, 1.82) is 0 Å². The Morgan fingerprint density at radius 3 is 1.79 bits per heavy atom. The minimum absolute atomic E-state index is 0.194. The van der Waals surface area contributed by atoms with Crippen LogP contribution in [0.1, 0.15) is 41.7 Å². The molecule has 19 heavy (non-hydrogen) atoms. The van der Waals surface area contributed by atoms with Crippen molar-refractivity contribution in [2.24, 2.45) is 0 Å². The molecule has 0 unspecified atom stereocenters. The number of hydrogen-bond donors (Lipinski definition) is 0. The molecule has 0 aliphatic carbocycles. The van der Waals surface area contributed by atoms with E-state index < -0.39 is 0 Å². The Bertz CT molecular complexity index is 779. The number of thiophene rings is 2. The van der Waals surface area contributed by atoms with E-state index in [-0.39, 0.29) is 5.41 Å². The van der Waals surface area contributed by atoms with Crippen LogP contribution in [-0.2, 0) is 5.41 Å². The monoisotopic (exact) mass is 288 g/mol. The smallest absolute Gasteiger partial charge is 0.0527 e. The third kappa shape index (κ3) is 1.93. The molecule has 0 saturated heterocycles. The summed E-state index contributed by atoms with van der Waals surface area (Å²) < 4.78 is 2.97. The first-order chi connectivity index (χ1) is 8.79. The molecule has 0 fully saturated rings. The zero-order valence-electron chi connectivity index (χ0n) is 12.5. The van der Waals surface area contributed by atoms with E-state index in [0.29, 0.717) is 0 Å². The molecule has 0 amide bonds. The third-order valence-electron chi connectivity index (χ3n) is 3.72. The van der Waals surface area contributed by atoms with Gasteiger partial charge in [-0.05, 0) is 60.2 Å². The molecule has 0 aliphatic rings. The summed E-state index contributed by atoms with van der Waals surface area (Å²) in [4.78, 5) is 2.83. The lowest BCUT2D eigenvalue weighted by atomic mass is 9.81. The van der Waals surface area contributed by atoms with Crippen LogP contribution in [0.3, 0.4) is 0 Å². The molecule has 0 bridgehead atoms. The van der Waals surface area contributed by atoms with Crippen LogP contribution in [0.5, 0.6) is 0 Å². The van der Waals surface area contributed by atoms with E-state index in [9.17, 15) is 0 Å². The van der Waals surface area contributed by atoms with Crippen molar-refractivity contribution in [2.75, 3.05) is 0 Å². The second-order valence-corrected chi connectivity index (χ2v) is 8.96. The van der Waals surface area contributed by atoms with Gasteiger partial charge in [-0.1, -0.05) is 20.8 Å². The number of fused-ring (bicyclic) bond motifs is 3. The van der Waals surface area contributed by atoms with E-state index in [1.165, 1.54) is 41.1 Å². The standard InChI is InChI=1S/C17H20S2/c1-9-7-12-11(3)14(17(4,5)6)13-8-10(2)19-16(13)15(12)18-9/h7-8H,1-6H3. The van der Waals surface area contributed by atoms with Gasteiger partial charge in [-0.25, -0.2) is 0 Å². The van der Waals surface area contributed by atoms with Crippen LogP contribution in [-0.4, -0.2) is 0 Å². The summed E-state index contributed by atoms with van der Waals surface area (Å²) >= 11 is 3.88. The molecule has 0 radical (unpaired) electrons. The summed E-state index contributed by atoms with van der Waals surface area (Å²) in [5.41, 5.74) is 3.19. The number of hydrogen-bond acceptors (Lipinski definition) is 2. The van der Waals surface area contributed by atoms with E-state index >= 15 is 0 Å². The summed E-state index contributed by atoms with van der Waals surface area (Å²) in [6, 6.07) is 4.74. The van der Waals surface area contributed by atoms with E-state index in [1.54, 1.807) is 0 Å². The maximum absolute atomic E-state index is 2.38. The van der Waals surface area contributed by atoms with Gasteiger partial charge in [-0.15, -0.1) is 22.7 Å². The highest BCUT2D eigenvalue weighted by molar-refractivity contribution is 7.27. The molecule has 2 aromatic heterocycles. The molecular weight excluding hydrogens is 268 g/mol. The van der Waals surface area contributed by atoms with Crippen LogP contribution in [0, 0.1) is 20.8 Å². The largest absolute Gasteiger partial charge is 0.139 e. The molecule has 3 aromatic rings. The van der Waals surface area contributed by atoms with E-state index in [0.717, 1.165) is 0 Å².